The number of anilines is 1. The van der Waals surface area contributed by atoms with Gasteiger partial charge in [-0.15, -0.1) is 0 Å². The lowest BCUT2D eigenvalue weighted by Crippen LogP contribution is -2.29. The van der Waals surface area contributed by atoms with Crippen LogP contribution in [0, 0.1) is 20.8 Å². The van der Waals surface area contributed by atoms with Gasteiger partial charge in [-0.25, -0.2) is 0 Å². The Kier molecular flexibility index (Phi) is 6.16. The van der Waals surface area contributed by atoms with Crippen molar-refractivity contribution in [3.05, 3.63) is 94.1 Å². The zero-order valence-corrected chi connectivity index (χ0v) is 19.9. The van der Waals surface area contributed by atoms with Gasteiger partial charge in [0.15, 0.2) is 0 Å². The van der Waals surface area contributed by atoms with Crippen LogP contribution in [0.2, 0.25) is 0 Å². The maximum atomic E-state index is 13.4. The number of rotatable bonds is 5. The maximum absolute atomic E-state index is 13.4. The number of aryl methyl sites for hydroxylation is 3. The number of nitrogens with zero attached hydrogens (tertiary/aromatic N) is 1. The number of amides is 1. The van der Waals surface area contributed by atoms with E-state index in [1.807, 2.05) is 39.0 Å². The van der Waals surface area contributed by atoms with E-state index < -0.39 is 17.7 Å². The number of ether oxygens (including phenoxy) is 2. The highest BCUT2D eigenvalue weighted by Gasteiger charge is 2.47. The lowest BCUT2D eigenvalue weighted by Gasteiger charge is -2.26. The third-order valence-corrected chi connectivity index (χ3v) is 6.16. The van der Waals surface area contributed by atoms with Crippen molar-refractivity contribution in [1.82, 2.24) is 0 Å². The van der Waals surface area contributed by atoms with E-state index in [1.165, 1.54) is 4.90 Å². The molecule has 0 aliphatic carbocycles. The van der Waals surface area contributed by atoms with Crippen LogP contribution in [0.4, 0.5) is 5.69 Å². The van der Waals surface area contributed by atoms with Gasteiger partial charge in [0.2, 0.25) is 0 Å². The molecular weight excluding hydrogens is 430 g/mol. The zero-order chi connectivity index (χ0) is 24.6. The van der Waals surface area contributed by atoms with Crippen LogP contribution in [0.3, 0.4) is 0 Å². The second-order valence-corrected chi connectivity index (χ2v) is 8.42. The Hall–Kier alpha value is -4.06. The molecule has 1 unspecified atom stereocenters. The van der Waals surface area contributed by atoms with Crippen molar-refractivity contribution in [1.29, 1.82) is 0 Å². The van der Waals surface area contributed by atoms with Crippen LogP contribution in [-0.4, -0.2) is 31.0 Å². The summed E-state index contributed by atoms with van der Waals surface area (Å²) in [6.07, 6.45) is 0. The van der Waals surface area contributed by atoms with Crippen molar-refractivity contribution in [2.24, 2.45) is 0 Å². The van der Waals surface area contributed by atoms with Crippen molar-refractivity contribution in [3.63, 3.8) is 0 Å². The molecule has 1 atom stereocenters. The lowest BCUT2D eigenvalue weighted by molar-refractivity contribution is -0.132. The largest absolute Gasteiger partial charge is 0.507 e. The fraction of sp³-hybridized carbons (Fsp3) is 0.214. The summed E-state index contributed by atoms with van der Waals surface area (Å²) >= 11 is 0. The van der Waals surface area contributed by atoms with Crippen molar-refractivity contribution >= 4 is 23.1 Å². The van der Waals surface area contributed by atoms with E-state index in [0.29, 0.717) is 28.3 Å². The highest BCUT2D eigenvalue weighted by Crippen LogP contribution is 2.43. The Morgan fingerprint density at radius 2 is 1.59 bits per heavy atom. The van der Waals surface area contributed by atoms with Gasteiger partial charge in [-0.3, -0.25) is 14.5 Å². The number of hydrogen-bond donors (Lipinski definition) is 1. The molecule has 1 aliphatic heterocycles. The van der Waals surface area contributed by atoms with E-state index in [2.05, 4.69) is 0 Å². The molecule has 1 aliphatic rings. The first kappa shape index (κ1) is 23.1. The van der Waals surface area contributed by atoms with Crippen LogP contribution in [-0.2, 0) is 9.59 Å². The number of carbonyl (C=O) groups is 2. The van der Waals surface area contributed by atoms with Crippen LogP contribution >= 0.6 is 0 Å². The summed E-state index contributed by atoms with van der Waals surface area (Å²) in [5.41, 5.74) is 4.30. The quantitative estimate of drug-likeness (QED) is 0.322. The van der Waals surface area contributed by atoms with Crippen LogP contribution in [0.25, 0.3) is 5.76 Å². The summed E-state index contributed by atoms with van der Waals surface area (Å²) in [5.74, 6) is -0.383. The fourth-order valence-electron chi connectivity index (χ4n) is 4.34. The minimum absolute atomic E-state index is 0.0338. The number of carbonyl (C=O) groups excluding carboxylic acids is 2. The molecule has 4 rings (SSSR count). The molecule has 1 fully saturated rings. The van der Waals surface area contributed by atoms with E-state index in [9.17, 15) is 14.7 Å². The Bertz CT molecular complexity index is 1310. The molecule has 1 N–H and O–H groups in total. The van der Waals surface area contributed by atoms with Gasteiger partial charge >= 0.3 is 0 Å². The molecule has 1 amide bonds. The third kappa shape index (κ3) is 3.92. The van der Waals surface area contributed by atoms with Crippen molar-refractivity contribution in [2.75, 3.05) is 19.1 Å². The molecule has 0 saturated carbocycles. The number of aliphatic hydroxyl groups is 1. The smallest absolute Gasteiger partial charge is 0.300 e. The average Bonchev–Trinajstić information content (AvgIpc) is 3.10. The first-order chi connectivity index (χ1) is 16.3. The van der Waals surface area contributed by atoms with Gasteiger partial charge in [0.05, 0.1) is 25.8 Å². The predicted octanol–water partition coefficient (Wildman–Crippen LogP) is 5.26. The summed E-state index contributed by atoms with van der Waals surface area (Å²) in [7, 11) is 3.14. The number of ketones is 1. The number of benzene rings is 3. The molecule has 1 saturated heterocycles. The monoisotopic (exact) mass is 457 g/mol. The molecule has 0 aromatic heterocycles. The Balaban J connectivity index is 1.98. The SMILES string of the molecule is COc1cccc(C2/C(=C(\O)c3cc(C)c(OC)cc3C)C(=O)C(=O)N2c2ccc(C)cc2)c1. The highest BCUT2D eigenvalue weighted by molar-refractivity contribution is 6.51. The van der Waals surface area contributed by atoms with Gasteiger partial charge in [0.1, 0.15) is 17.3 Å². The van der Waals surface area contributed by atoms with Crippen molar-refractivity contribution < 1.29 is 24.2 Å². The number of aliphatic hydroxyl groups excluding tert-OH is 1. The lowest BCUT2D eigenvalue weighted by atomic mass is 9.93. The normalized spacial score (nSPS) is 17.2. The number of hydrogen-bond acceptors (Lipinski definition) is 5. The summed E-state index contributed by atoms with van der Waals surface area (Å²) < 4.78 is 10.8. The minimum Gasteiger partial charge on any atom is -0.507 e. The predicted molar refractivity (Wildman–Crippen MR) is 131 cm³/mol. The van der Waals surface area contributed by atoms with E-state index in [-0.39, 0.29) is 11.3 Å². The first-order valence-electron chi connectivity index (χ1n) is 10.9. The molecule has 3 aromatic carbocycles. The van der Waals surface area contributed by atoms with Gasteiger partial charge in [0.25, 0.3) is 11.7 Å². The molecule has 174 valence electrons. The number of methoxy groups -OCH3 is 2. The maximum Gasteiger partial charge on any atom is 0.300 e. The Labute approximate surface area is 199 Å². The van der Waals surface area contributed by atoms with E-state index in [0.717, 1.165) is 16.7 Å². The topological polar surface area (TPSA) is 76.1 Å². The summed E-state index contributed by atoms with van der Waals surface area (Å²) in [4.78, 5) is 28.1. The van der Waals surface area contributed by atoms with Crippen LogP contribution < -0.4 is 14.4 Å². The van der Waals surface area contributed by atoms with Gasteiger partial charge in [0, 0.05) is 11.3 Å². The minimum atomic E-state index is -0.820. The Morgan fingerprint density at radius 3 is 2.24 bits per heavy atom. The van der Waals surface area contributed by atoms with Gasteiger partial charge in [-0.2, -0.15) is 0 Å². The molecule has 3 aromatic rings. The first-order valence-corrected chi connectivity index (χ1v) is 10.9. The second kappa shape index (κ2) is 9.06. The number of Topliss-reactive ketones (excluding diaryl/α,β-unsaturated/α-hetero) is 1. The molecule has 34 heavy (non-hydrogen) atoms. The summed E-state index contributed by atoms with van der Waals surface area (Å²) in [5, 5.41) is 11.5. The Morgan fingerprint density at radius 1 is 0.882 bits per heavy atom. The average molecular weight is 458 g/mol. The molecule has 6 heteroatoms. The van der Waals surface area contributed by atoms with Crippen LogP contribution in [0.5, 0.6) is 11.5 Å². The standard InChI is InChI=1S/C28H27NO5/c1-16-9-11-20(12-10-16)29-25(19-7-6-8-21(15-19)33-4)24(27(31)28(29)32)26(30)22-13-18(3)23(34-5)14-17(22)2/h6-15,25,30H,1-5H3/b26-24+. The second-order valence-electron chi connectivity index (χ2n) is 8.42. The fourth-order valence-corrected chi connectivity index (χ4v) is 4.34. The summed E-state index contributed by atoms with van der Waals surface area (Å²) in [6, 6.07) is 17.3. The van der Waals surface area contributed by atoms with E-state index in [1.54, 1.807) is 56.7 Å². The summed E-state index contributed by atoms with van der Waals surface area (Å²) in [6.45, 7) is 5.64. The van der Waals surface area contributed by atoms with Crippen molar-refractivity contribution in [3.8, 4) is 11.5 Å². The van der Waals surface area contributed by atoms with Gasteiger partial charge in [-0.1, -0.05) is 29.8 Å². The van der Waals surface area contributed by atoms with Crippen LogP contribution in [0.1, 0.15) is 33.9 Å². The molecular formula is C28H27NO5. The van der Waals surface area contributed by atoms with E-state index >= 15 is 0 Å². The highest BCUT2D eigenvalue weighted by atomic mass is 16.5. The van der Waals surface area contributed by atoms with E-state index in [4.69, 9.17) is 9.47 Å². The molecule has 1 heterocycles. The van der Waals surface area contributed by atoms with Gasteiger partial charge in [-0.05, 0) is 73.9 Å². The van der Waals surface area contributed by atoms with Gasteiger partial charge < -0.3 is 14.6 Å². The van der Waals surface area contributed by atoms with Crippen LogP contribution in [0.15, 0.2) is 66.2 Å². The van der Waals surface area contributed by atoms with Crippen molar-refractivity contribution in [2.45, 2.75) is 26.8 Å². The third-order valence-electron chi connectivity index (χ3n) is 6.16. The molecule has 0 bridgehead atoms. The zero-order valence-electron chi connectivity index (χ0n) is 19.9. The molecule has 0 radical (unpaired) electrons. The molecule has 0 spiro atoms. The molecule has 6 nitrogen and oxygen atoms in total.